The molecule has 1 heterocycles. The number of halogens is 1. The Bertz CT molecular complexity index is 388. The summed E-state index contributed by atoms with van der Waals surface area (Å²) < 4.78 is 6.75. The van der Waals surface area contributed by atoms with Crippen molar-refractivity contribution in [1.29, 1.82) is 0 Å². The zero-order valence-corrected chi connectivity index (χ0v) is 12.8. The maximum Gasteiger partial charge on any atom is 0.0513 e. The fourth-order valence-corrected chi connectivity index (χ4v) is 2.99. The monoisotopic (exact) mass is 311 g/mol. The molecule has 3 heteroatoms. The minimum Gasteiger partial charge on any atom is -0.381 e. The van der Waals surface area contributed by atoms with Crippen LogP contribution in [-0.2, 0) is 4.74 Å². The highest BCUT2D eigenvalue weighted by Crippen LogP contribution is 2.33. The van der Waals surface area contributed by atoms with Gasteiger partial charge in [0, 0.05) is 23.0 Å². The second-order valence-corrected chi connectivity index (χ2v) is 5.86. The van der Waals surface area contributed by atoms with Crippen LogP contribution in [0.5, 0.6) is 0 Å². The molecule has 2 nitrogen and oxygen atoms in total. The van der Waals surface area contributed by atoms with Crippen LogP contribution in [-0.4, -0.2) is 19.8 Å². The number of nitrogens with one attached hydrogen (secondary N) is 1. The summed E-state index contributed by atoms with van der Waals surface area (Å²) in [5.41, 5.74) is 2.76. The minimum atomic E-state index is 0.421. The van der Waals surface area contributed by atoms with Crippen molar-refractivity contribution in [1.82, 2.24) is 5.32 Å². The number of hydrogen-bond acceptors (Lipinski definition) is 2. The summed E-state index contributed by atoms with van der Waals surface area (Å²) in [5.74, 6) is 0.601. The van der Waals surface area contributed by atoms with Crippen LogP contribution >= 0.6 is 15.9 Å². The first-order valence-corrected chi connectivity index (χ1v) is 7.59. The topological polar surface area (TPSA) is 21.3 Å². The molecule has 1 aliphatic rings. The Morgan fingerprint density at radius 1 is 1.50 bits per heavy atom. The zero-order chi connectivity index (χ0) is 13.0. The summed E-state index contributed by atoms with van der Waals surface area (Å²) in [6, 6.07) is 6.90. The van der Waals surface area contributed by atoms with Crippen LogP contribution in [0.3, 0.4) is 0 Å². The lowest BCUT2D eigenvalue weighted by Gasteiger charge is -2.26. The second kappa shape index (κ2) is 6.69. The maximum atomic E-state index is 5.56. The van der Waals surface area contributed by atoms with Crippen LogP contribution < -0.4 is 5.32 Å². The van der Waals surface area contributed by atoms with Gasteiger partial charge in [-0.05, 0) is 43.5 Å². The van der Waals surface area contributed by atoms with E-state index < -0.39 is 0 Å². The van der Waals surface area contributed by atoms with Crippen LogP contribution in [0.1, 0.15) is 36.9 Å². The molecule has 0 aliphatic carbocycles. The minimum absolute atomic E-state index is 0.421. The van der Waals surface area contributed by atoms with Crippen LogP contribution in [0, 0.1) is 12.8 Å². The van der Waals surface area contributed by atoms with Gasteiger partial charge in [0.2, 0.25) is 0 Å². The third-order valence-electron chi connectivity index (χ3n) is 3.70. The molecule has 1 aromatic carbocycles. The van der Waals surface area contributed by atoms with Gasteiger partial charge in [-0.15, -0.1) is 0 Å². The van der Waals surface area contributed by atoms with E-state index in [1.54, 1.807) is 0 Å². The highest BCUT2D eigenvalue weighted by atomic mass is 79.9. The van der Waals surface area contributed by atoms with Gasteiger partial charge >= 0.3 is 0 Å². The summed E-state index contributed by atoms with van der Waals surface area (Å²) >= 11 is 3.63. The van der Waals surface area contributed by atoms with E-state index in [0.717, 1.165) is 32.6 Å². The molecule has 1 aromatic rings. The van der Waals surface area contributed by atoms with E-state index >= 15 is 0 Å². The van der Waals surface area contributed by atoms with Crippen molar-refractivity contribution in [2.24, 2.45) is 5.92 Å². The van der Waals surface area contributed by atoms with Crippen molar-refractivity contribution in [2.75, 3.05) is 19.8 Å². The lowest BCUT2D eigenvalue weighted by molar-refractivity contribution is 0.176. The Hall–Kier alpha value is -0.380. The highest BCUT2D eigenvalue weighted by Gasteiger charge is 2.27. The van der Waals surface area contributed by atoms with Crippen LogP contribution in [0.2, 0.25) is 0 Å². The third kappa shape index (κ3) is 3.14. The van der Waals surface area contributed by atoms with E-state index in [2.05, 4.69) is 53.3 Å². The fourth-order valence-electron chi connectivity index (χ4n) is 2.61. The van der Waals surface area contributed by atoms with Crippen molar-refractivity contribution in [3.8, 4) is 0 Å². The van der Waals surface area contributed by atoms with Gasteiger partial charge in [0.05, 0.1) is 6.61 Å². The van der Waals surface area contributed by atoms with E-state index in [-0.39, 0.29) is 0 Å². The smallest absolute Gasteiger partial charge is 0.0513 e. The van der Waals surface area contributed by atoms with Crippen molar-refractivity contribution in [3.05, 3.63) is 33.8 Å². The summed E-state index contributed by atoms with van der Waals surface area (Å²) in [5, 5.41) is 3.69. The molecule has 0 saturated carbocycles. The molecular formula is C15H22BrNO. The predicted octanol–water partition coefficient (Wildman–Crippen LogP) is 3.83. The molecule has 1 N–H and O–H groups in total. The van der Waals surface area contributed by atoms with Gasteiger partial charge in [0.25, 0.3) is 0 Å². The molecule has 18 heavy (non-hydrogen) atoms. The third-order valence-corrected chi connectivity index (χ3v) is 4.55. The lowest BCUT2D eigenvalue weighted by atomic mass is 9.89. The first-order chi connectivity index (χ1) is 8.74. The lowest BCUT2D eigenvalue weighted by Crippen LogP contribution is -2.30. The molecule has 2 unspecified atom stereocenters. The molecule has 1 saturated heterocycles. The number of hydrogen-bond donors (Lipinski definition) is 1. The van der Waals surface area contributed by atoms with Crippen molar-refractivity contribution < 1.29 is 4.74 Å². The molecular weight excluding hydrogens is 290 g/mol. The molecule has 0 radical (unpaired) electrons. The van der Waals surface area contributed by atoms with Gasteiger partial charge in [0.15, 0.2) is 0 Å². The van der Waals surface area contributed by atoms with Gasteiger partial charge in [-0.3, -0.25) is 0 Å². The van der Waals surface area contributed by atoms with Gasteiger partial charge in [-0.2, -0.15) is 0 Å². The summed E-state index contributed by atoms with van der Waals surface area (Å²) in [6.07, 6.45) is 2.32. The van der Waals surface area contributed by atoms with Crippen molar-refractivity contribution in [2.45, 2.75) is 32.7 Å². The molecule has 100 valence electrons. The van der Waals surface area contributed by atoms with Gasteiger partial charge < -0.3 is 10.1 Å². The average molecular weight is 312 g/mol. The normalized spacial score (nSPS) is 21.2. The molecule has 2 atom stereocenters. The first kappa shape index (κ1) is 14.0. The van der Waals surface area contributed by atoms with E-state index in [9.17, 15) is 0 Å². The number of ether oxygens (including phenoxy) is 1. The standard InChI is InChI=1S/C15H22BrNO/c1-3-8-17-15(12-7-9-18-10-12)13-5-4-6-14(16)11(13)2/h4-6,12,15,17H,3,7-10H2,1-2H3. The quantitative estimate of drug-likeness (QED) is 0.892. The molecule has 0 bridgehead atoms. The Balaban J connectivity index is 2.23. The predicted molar refractivity (Wildman–Crippen MR) is 78.8 cm³/mol. The van der Waals surface area contributed by atoms with Gasteiger partial charge in [-0.25, -0.2) is 0 Å². The average Bonchev–Trinajstić information content (AvgIpc) is 2.88. The van der Waals surface area contributed by atoms with Crippen LogP contribution in [0.4, 0.5) is 0 Å². The number of rotatable bonds is 5. The molecule has 1 fully saturated rings. The second-order valence-electron chi connectivity index (χ2n) is 5.01. The Morgan fingerprint density at radius 3 is 3.00 bits per heavy atom. The van der Waals surface area contributed by atoms with E-state index in [1.807, 2.05) is 0 Å². The van der Waals surface area contributed by atoms with Gasteiger partial charge in [-0.1, -0.05) is 35.0 Å². The zero-order valence-electron chi connectivity index (χ0n) is 11.2. The molecule has 2 rings (SSSR count). The molecule has 0 amide bonds. The molecule has 0 spiro atoms. The maximum absolute atomic E-state index is 5.56. The van der Waals surface area contributed by atoms with Crippen LogP contribution in [0.15, 0.2) is 22.7 Å². The SMILES string of the molecule is CCCNC(c1cccc(Br)c1C)C1CCOC1. The number of benzene rings is 1. The van der Waals surface area contributed by atoms with E-state index in [1.165, 1.54) is 15.6 Å². The van der Waals surface area contributed by atoms with Crippen molar-refractivity contribution >= 4 is 15.9 Å². The Labute approximate surface area is 118 Å². The Morgan fingerprint density at radius 2 is 2.33 bits per heavy atom. The summed E-state index contributed by atoms with van der Waals surface area (Å²) in [6.45, 7) is 7.25. The highest BCUT2D eigenvalue weighted by molar-refractivity contribution is 9.10. The van der Waals surface area contributed by atoms with Crippen molar-refractivity contribution in [3.63, 3.8) is 0 Å². The van der Waals surface area contributed by atoms with E-state index in [0.29, 0.717) is 12.0 Å². The molecule has 0 aromatic heterocycles. The van der Waals surface area contributed by atoms with E-state index in [4.69, 9.17) is 4.74 Å². The summed E-state index contributed by atoms with van der Waals surface area (Å²) in [7, 11) is 0. The fraction of sp³-hybridized carbons (Fsp3) is 0.600. The first-order valence-electron chi connectivity index (χ1n) is 6.80. The summed E-state index contributed by atoms with van der Waals surface area (Å²) in [4.78, 5) is 0. The Kier molecular flexibility index (Phi) is 5.22. The largest absolute Gasteiger partial charge is 0.381 e. The van der Waals surface area contributed by atoms with Gasteiger partial charge in [0.1, 0.15) is 0 Å². The molecule has 1 aliphatic heterocycles. The van der Waals surface area contributed by atoms with Crippen LogP contribution in [0.25, 0.3) is 0 Å².